The molecule has 1 heterocycles. The minimum Gasteiger partial charge on any atom is -0.299 e. The Balaban J connectivity index is 1.93. The van der Waals surface area contributed by atoms with Gasteiger partial charge < -0.3 is 0 Å². The fraction of sp³-hybridized carbons (Fsp3) is 0.462. The van der Waals surface area contributed by atoms with Crippen molar-refractivity contribution in [1.82, 2.24) is 4.90 Å². The first kappa shape index (κ1) is 11.4. The molecule has 3 heteroatoms. The topological polar surface area (TPSA) is 27.0 Å². The zero-order valence-electron chi connectivity index (χ0n) is 9.19. The van der Waals surface area contributed by atoms with E-state index in [2.05, 4.69) is 17.0 Å². The van der Waals surface area contributed by atoms with Crippen LogP contribution in [0, 0.1) is 17.2 Å². The summed E-state index contributed by atoms with van der Waals surface area (Å²) >= 11 is 6.12. The molecule has 1 aliphatic rings. The molecule has 0 amide bonds. The highest BCUT2D eigenvalue weighted by atomic mass is 35.5. The van der Waals surface area contributed by atoms with Crippen molar-refractivity contribution in [2.75, 3.05) is 13.1 Å². The van der Waals surface area contributed by atoms with E-state index >= 15 is 0 Å². The third kappa shape index (κ3) is 2.75. The number of halogens is 1. The van der Waals surface area contributed by atoms with Crippen molar-refractivity contribution in [3.05, 3.63) is 34.9 Å². The molecule has 0 bridgehead atoms. The van der Waals surface area contributed by atoms with E-state index < -0.39 is 0 Å². The number of piperidine rings is 1. The quantitative estimate of drug-likeness (QED) is 0.787. The fourth-order valence-corrected chi connectivity index (χ4v) is 2.28. The number of hydrogen-bond acceptors (Lipinski definition) is 2. The predicted molar refractivity (Wildman–Crippen MR) is 65.1 cm³/mol. The van der Waals surface area contributed by atoms with Crippen LogP contribution >= 0.6 is 11.6 Å². The van der Waals surface area contributed by atoms with Crippen LogP contribution in [0.4, 0.5) is 0 Å². The van der Waals surface area contributed by atoms with E-state index in [1.807, 2.05) is 18.2 Å². The van der Waals surface area contributed by atoms with Crippen LogP contribution in [0.5, 0.6) is 0 Å². The van der Waals surface area contributed by atoms with Gasteiger partial charge in [0, 0.05) is 17.5 Å². The Kier molecular flexibility index (Phi) is 3.82. The molecule has 1 aliphatic heterocycles. The lowest BCUT2D eigenvalue weighted by molar-refractivity contribution is 0.198. The van der Waals surface area contributed by atoms with E-state index in [-0.39, 0.29) is 5.92 Å². The van der Waals surface area contributed by atoms with Crippen LogP contribution in [0.3, 0.4) is 0 Å². The summed E-state index contributed by atoms with van der Waals surface area (Å²) in [5.74, 6) is 0.252. The average molecular weight is 235 g/mol. The molecule has 0 spiro atoms. The van der Waals surface area contributed by atoms with Gasteiger partial charge in [0.2, 0.25) is 0 Å². The zero-order valence-corrected chi connectivity index (χ0v) is 9.95. The van der Waals surface area contributed by atoms with Gasteiger partial charge in [0.05, 0.1) is 6.07 Å². The second-order valence-corrected chi connectivity index (χ2v) is 4.68. The summed E-state index contributed by atoms with van der Waals surface area (Å²) in [6, 6.07) is 10.3. The van der Waals surface area contributed by atoms with E-state index in [0.29, 0.717) is 0 Å². The van der Waals surface area contributed by atoms with Gasteiger partial charge in [0.15, 0.2) is 0 Å². The first-order valence-corrected chi connectivity index (χ1v) is 6.03. The SMILES string of the molecule is N#CC1CCN(Cc2ccccc2Cl)CC1. The third-order valence-corrected chi connectivity index (χ3v) is 3.49. The molecule has 0 atom stereocenters. The molecule has 2 nitrogen and oxygen atoms in total. The summed E-state index contributed by atoms with van der Waals surface area (Å²) in [5, 5.41) is 9.66. The van der Waals surface area contributed by atoms with E-state index in [4.69, 9.17) is 16.9 Å². The first-order valence-electron chi connectivity index (χ1n) is 5.65. The van der Waals surface area contributed by atoms with Crippen LogP contribution in [-0.4, -0.2) is 18.0 Å². The van der Waals surface area contributed by atoms with Crippen molar-refractivity contribution in [2.24, 2.45) is 5.92 Å². The molecule has 0 aliphatic carbocycles. The van der Waals surface area contributed by atoms with E-state index in [1.165, 1.54) is 5.56 Å². The molecule has 1 aromatic rings. The summed E-state index contributed by atoms with van der Waals surface area (Å²) in [4.78, 5) is 2.37. The first-order chi connectivity index (χ1) is 7.79. The highest BCUT2D eigenvalue weighted by Crippen LogP contribution is 2.21. The summed E-state index contributed by atoms with van der Waals surface area (Å²) in [6.07, 6.45) is 1.97. The second-order valence-electron chi connectivity index (χ2n) is 4.27. The molecule has 1 saturated heterocycles. The average Bonchev–Trinajstić information content (AvgIpc) is 2.33. The molecule has 0 radical (unpaired) electrons. The van der Waals surface area contributed by atoms with Crippen molar-refractivity contribution in [3.8, 4) is 6.07 Å². The van der Waals surface area contributed by atoms with E-state index in [1.54, 1.807) is 0 Å². The Morgan fingerprint density at radius 3 is 2.62 bits per heavy atom. The molecular weight excluding hydrogens is 220 g/mol. The number of likely N-dealkylation sites (tertiary alicyclic amines) is 1. The minimum absolute atomic E-state index is 0.252. The maximum atomic E-state index is 8.82. The van der Waals surface area contributed by atoms with Crippen LogP contribution in [0.2, 0.25) is 5.02 Å². The summed E-state index contributed by atoms with van der Waals surface area (Å²) in [7, 11) is 0. The maximum absolute atomic E-state index is 8.82. The van der Waals surface area contributed by atoms with Crippen LogP contribution in [0.15, 0.2) is 24.3 Å². The Morgan fingerprint density at radius 2 is 2.00 bits per heavy atom. The van der Waals surface area contributed by atoms with Gasteiger partial charge in [-0.15, -0.1) is 0 Å². The standard InChI is InChI=1S/C13H15ClN2/c14-13-4-2-1-3-12(13)10-16-7-5-11(9-15)6-8-16/h1-4,11H,5-8,10H2. The lowest BCUT2D eigenvalue weighted by atomic mass is 9.98. The van der Waals surface area contributed by atoms with Crippen LogP contribution < -0.4 is 0 Å². The van der Waals surface area contributed by atoms with Gasteiger partial charge in [0.25, 0.3) is 0 Å². The number of rotatable bonds is 2. The maximum Gasteiger partial charge on any atom is 0.0656 e. The Labute approximate surface area is 101 Å². The second kappa shape index (κ2) is 5.34. The molecule has 1 aromatic carbocycles. The zero-order chi connectivity index (χ0) is 11.4. The van der Waals surface area contributed by atoms with Gasteiger partial charge in [-0.25, -0.2) is 0 Å². The summed E-state index contributed by atoms with van der Waals surface area (Å²) in [5.41, 5.74) is 1.18. The largest absolute Gasteiger partial charge is 0.299 e. The molecule has 0 unspecified atom stereocenters. The van der Waals surface area contributed by atoms with Gasteiger partial charge in [-0.3, -0.25) is 4.90 Å². The lowest BCUT2D eigenvalue weighted by Crippen LogP contribution is -2.32. The van der Waals surface area contributed by atoms with Gasteiger partial charge in [-0.05, 0) is 37.6 Å². The molecule has 16 heavy (non-hydrogen) atoms. The lowest BCUT2D eigenvalue weighted by Gasteiger charge is -2.29. The molecule has 1 fully saturated rings. The highest BCUT2D eigenvalue weighted by molar-refractivity contribution is 6.31. The van der Waals surface area contributed by atoms with Gasteiger partial charge in [0.1, 0.15) is 0 Å². The van der Waals surface area contributed by atoms with E-state index in [0.717, 1.165) is 37.5 Å². The summed E-state index contributed by atoms with van der Waals surface area (Å²) in [6.45, 7) is 2.91. The smallest absolute Gasteiger partial charge is 0.0656 e. The number of hydrogen-bond donors (Lipinski definition) is 0. The van der Waals surface area contributed by atoms with Crippen molar-refractivity contribution < 1.29 is 0 Å². The van der Waals surface area contributed by atoms with Crippen LogP contribution in [0.1, 0.15) is 18.4 Å². The Hall–Kier alpha value is -1.04. The van der Waals surface area contributed by atoms with Crippen LogP contribution in [-0.2, 0) is 6.54 Å². The molecule has 0 saturated carbocycles. The van der Waals surface area contributed by atoms with Gasteiger partial charge in [-0.1, -0.05) is 29.8 Å². The minimum atomic E-state index is 0.252. The predicted octanol–water partition coefficient (Wildman–Crippen LogP) is 3.08. The van der Waals surface area contributed by atoms with Gasteiger partial charge in [-0.2, -0.15) is 5.26 Å². The van der Waals surface area contributed by atoms with E-state index in [9.17, 15) is 0 Å². The number of nitrogens with zero attached hydrogens (tertiary/aromatic N) is 2. The Morgan fingerprint density at radius 1 is 1.31 bits per heavy atom. The molecule has 0 N–H and O–H groups in total. The van der Waals surface area contributed by atoms with Gasteiger partial charge >= 0.3 is 0 Å². The number of nitriles is 1. The fourth-order valence-electron chi connectivity index (χ4n) is 2.09. The van der Waals surface area contributed by atoms with Crippen LogP contribution in [0.25, 0.3) is 0 Å². The highest BCUT2D eigenvalue weighted by Gasteiger charge is 2.18. The molecular formula is C13H15ClN2. The van der Waals surface area contributed by atoms with Crippen molar-refractivity contribution in [2.45, 2.75) is 19.4 Å². The Bertz CT molecular complexity index is 389. The summed E-state index contributed by atoms with van der Waals surface area (Å²) < 4.78 is 0. The third-order valence-electron chi connectivity index (χ3n) is 3.12. The molecule has 84 valence electrons. The van der Waals surface area contributed by atoms with Crippen molar-refractivity contribution in [3.63, 3.8) is 0 Å². The molecule has 2 rings (SSSR count). The van der Waals surface area contributed by atoms with Crippen molar-refractivity contribution >= 4 is 11.6 Å². The monoisotopic (exact) mass is 234 g/mol. The number of benzene rings is 1. The van der Waals surface area contributed by atoms with Crippen molar-refractivity contribution in [1.29, 1.82) is 5.26 Å². The molecule has 0 aromatic heterocycles. The normalized spacial score (nSPS) is 18.2.